The highest BCUT2D eigenvalue weighted by molar-refractivity contribution is 5.96. The molecule has 2 rings (SSSR count). The summed E-state index contributed by atoms with van der Waals surface area (Å²) in [6.07, 6.45) is 10.6. The first-order valence-corrected chi connectivity index (χ1v) is 10.9. The number of hydrogen-bond acceptors (Lipinski definition) is 4. The summed E-state index contributed by atoms with van der Waals surface area (Å²) in [5.74, 6) is -3.29. The van der Waals surface area contributed by atoms with Crippen LogP contribution in [0.4, 0.5) is 8.78 Å². The molecule has 6 heteroatoms. The van der Waals surface area contributed by atoms with Crippen LogP contribution in [0.15, 0.2) is 42.5 Å². The molecular weight excluding hydrogens is 402 g/mol. The standard InChI is InChI=1S/C25H30F2O4/c1-2-3-4-5-6-7-8-9-10-14-30-24(28)19-12-11-13-20(15-19)25(29)31-23-17-21(26)16-22(27)18-23/h11-13,15-18H,2-10,14H2,1H3. The summed E-state index contributed by atoms with van der Waals surface area (Å²) in [5, 5.41) is 0. The van der Waals surface area contributed by atoms with E-state index in [0.717, 1.165) is 31.4 Å². The van der Waals surface area contributed by atoms with E-state index >= 15 is 0 Å². The first-order chi connectivity index (χ1) is 15.0. The summed E-state index contributed by atoms with van der Waals surface area (Å²) in [4.78, 5) is 24.5. The fraction of sp³-hybridized carbons (Fsp3) is 0.440. The topological polar surface area (TPSA) is 52.6 Å². The predicted molar refractivity (Wildman–Crippen MR) is 115 cm³/mol. The van der Waals surface area contributed by atoms with Gasteiger partial charge in [0.2, 0.25) is 0 Å². The minimum Gasteiger partial charge on any atom is -0.462 e. The summed E-state index contributed by atoms with van der Waals surface area (Å²) in [7, 11) is 0. The molecule has 0 fully saturated rings. The van der Waals surface area contributed by atoms with Crippen molar-refractivity contribution >= 4 is 11.9 Å². The van der Waals surface area contributed by atoms with Gasteiger partial charge in [-0.1, -0.05) is 64.4 Å². The Bertz CT molecular complexity index is 831. The fourth-order valence-corrected chi connectivity index (χ4v) is 3.19. The Balaban J connectivity index is 1.74. The molecule has 0 saturated carbocycles. The number of benzene rings is 2. The van der Waals surface area contributed by atoms with Crippen LogP contribution in [0.5, 0.6) is 5.75 Å². The molecule has 4 nitrogen and oxygen atoms in total. The minimum atomic E-state index is -0.850. The molecular formula is C25H30F2O4. The van der Waals surface area contributed by atoms with Crippen molar-refractivity contribution in [2.75, 3.05) is 6.61 Å². The van der Waals surface area contributed by atoms with Crippen LogP contribution in [0.1, 0.15) is 85.4 Å². The Morgan fingerprint density at radius 2 is 1.29 bits per heavy atom. The van der Waals surface area contributed by atoms with Crippen LogP contribution in [-0.2, 0) is 4.74 Å². The van der Waals surface area contributed by atoms with Crippen LogP contribution < -0.4 is 4.74 Å². The first-order valence-electron chi connectivity index (χ1n) is 10.9. The van der Waals surface area contributed by atoms with Gasteiger partial charge in [0.1, 0.15) is 17.4 Å². The Kier molecular flexibility index (Phi) is 10.7. The molecule has 0 radical (unpaired) electrons. The average Bonchev–Trinajstić information content (AvgIpc) is 2.74. The molecule has 31 heavy (non-hydrogen) atoms. The van der Waals surface area contributed by atoms with Gasteiger partial charge in [-0.25, -0.2) is 18.4 Å². The van der Waals surface area contributed by atoms with E-state index in [1.165, 1.54) is 62.8 Å². The Morgan fingerprint density at radius 3 is 1.90 bits per heavy atom. The third kappa shape index (κ3) is 9.28. The number of carbonyl (C=O) groups is 2. The van der Waals surface area contributed by atoms with Crippen molar-refractivity contribution in [3.8, 4) is 5.75 Å². The minimum absolute atomic E-state index is 0.0854. The summed E-state index contributed by atoms with van der Waals surface area (Å²) >= 11 is 0. The molecule has 0 amide bonds. The van der Waals surface area contributed by atoms with Gasteiger partial charge in [-0.15, -0.1) is 0 Å². The van der Waals surface area contributed by atoms with E-state index in [9.17, 15) is 18.4 Å². The highest BCUT2D eigenvalue weighted by Gasteiger charge is 2.14. The maximum absolute atomic E-state index is 13.2. The Morgan fingerprint density at radius 1 is 0.742 bits per heavy atom. The van der Waals surface area contributed by atoms with Crippen molar-refractivity contribution in [2.45, 2.75) is 64.7 Å². The Hall–Kier alpha value is -2.76. The quantitative estimate of drug-likeness (QED) is 0.197. The predicted octanol–water partition coefficient (Wildman–Crippen LogP) is 6.87. The van der Waals surface area contributed by atoms with E-state index in [4.69, 9.17) is 9.47 Å². The second-order valence-electron chi connectivity index (χ2n) is 7.54. The molecule has 0 N–H and O–H groups in total. The summed E-state index contributed by atoms with van der Waals surface area (Å²) in [6, 6.07) is 8.36. The van der Waals surface area contributed by atoms with Gasteiger partial charge in [-0.3, -0.25) is 0 Å². The van der Waals surface area contributed by atoms with Gasteiger partial charge in [-0.2, -0.15) is 0 Å². The van der Waals surface area contributed by atoms with E-state index in [2.05, 4.69) is 6.92 Å². The molecule has 0 aliphatic heterocycles. The third-order valence-electron chi connectivity index (χ3n) is 4.86. The van der Waals surface area contributed by atoms with Gasteiger partial charge in [0.05, 0.1) is 17.7 Å². The number of carbonyl (C=O) groups excluding carboxylic acids is 2. The van der Waals surface area contributed by atoms with E-state index in [1.54, 1.807) is 0 Å². The maximum Gasteiger partial charge on any atom is 0.343 e. The zero-order chi connectivity index (χ0) is 22.5. The zero-order valence-electron chi connectivity index (χ0n) is 18.0. The smallest absolute Gasteiger partial charge is 0.343 e. The SMILES string of the molecule is CCCCCCCCCCCOC(=O)c1cccc(C(=O)Oc2cc(F)cc(F)c2)c1. The Labute approximate surface area is 182 Å². The zero-order valence-corrected chi connectivity index (χ0v) is 18.0. The van der Waals surface area contributed by atoms with Gasteiger partial charge in [-0.05, 0) is 24.6 Å². The number of hydrogen-bond donors (Lipinski definition) is 0. The van der Waals surface area contributed by atoms with Gasteiger partial charge in [0.25, 0.3) is 0 Å². The number of rotatable bonds is 13. The number of unbranched alkanes of at least 4 members (excludes halogenated alkanes) is 8. The third-order valence-corrected chi connectivity index (χ3v) is 4.86. The molecule has 0 aromatic heterocycles. The first kappa shape index (κ1) is 24.5. The van der Waals surface area contributed by atoms with Crippen molar-refractivity contribution in [1.82, 2.24) is 0 Å². The maximum atomic E-state index is 13.2. The van der Waals surface area contributed by atoms with Gasteiger partial charge in [0, 0.05) is 18.2 Å². The van der Waals surface area contributed by atoms with Crippen LogP contribution in [0.3, 0.4) is 0 Å². The number of ether oxygens (including phenoxy) is 2. The normalized spacial score (nSPS) is 10.7. The van der Waals surface area contributed by atoms with Crippen LogP contribution >= 0.6 is 0 Å². The fourth-order valence-electron chi connectivity index (χ4n) is 3.19. The van der Waals surface area contributed by atoms with E-state index in [0.29, 0.717) is 12.7 Å². The molecule has 0 unspecified atom stereocenters. The molecule has 0 atom stereocenters. The highest BCUT2D eigenvalue weighted by atomic mass is 19.1. The van der Waals surface area contributed by atoms with Crippen molar-refractivity contribution in [2.24, 2.45) is 0 Å². The molecule has 0 bridgehead atoms. The van der Waals surface area contributed by atoms with E-state index in [-0.39, 0.29) is 16.9 Å². The van der Waals surface area contributed by atoms with Crippen LogP contribution in [0, 0.1) is 11.6 Å². The lowest BCUT2D eigenvalue weighted by Crippen LogP contribution is -2.11. The molecule has 0 saturated heterocycles. The lowest BCUT2D eigenvalue weighted by atomic mass is 10.1. The average molecular weight is 433 g/mol. The summed E-state index contributed by atoms with van der Waals surface area (Å²) < 4.78 is 36.7. The molecule has 0 spiro atoms. The molecule has 2 aromatic carbocycles. The number of esters is 2. The largest absolute Gasteiger partial charge is 0.462 e. The van der Waals surface area contributed by atoms with Gasteiger partial charge >= 0.3 is 11.9 Å². The van der Waals surface area contributed by atoms with Crippen molar-refractivity contribution in [3.05, 3.63) is 65.2 Å². The second kappa shape index (κ2) is 13.5. The lowest BCUT2D eigenvalue weighted by molar-refractivity contribution is 0.0497. The van der Waals surface area contributed by atoms with E-state index in [1.807, 2.05) is 0 Å². The highest BCUT2D eigenvalue weighted by Crippen LogP contribution is 2.18. The van der Waals surface area contributed by atoms with Crippen molar-refractivity contribution in [1.29, 1.82) is 0 Å². The van der Waals surface area contributed by atoms with Gasteiger partial charge in [0.15, 0.2) is 0 Å². The van der Waals surface area contributed by atoms with Crippen molar-refractivity contribution in [3.63, 3.8) is 0 Å². The summed E-state index contributed by atoms with van der Waals surface area (Å²) in [5.41, 5.74) is 0.304. The molecule has 0 heterocycles. The summed E-state index contributed by atoms with van der Waals surface area (Å²) in [6.45, 7) is 2.53. The number of halogens is 2. The lowest BCUT2D eigenvalue weighted by Gasteiger charge is -2.08. The molecule has 2 aromatic rings. The van der Waals surface area contributed by atoms with Crippen LogP contribution in [0.2, 0.25) is 0 Å². The molecule has 0 aliphatic rings. The van der Waals surface area contributed by atoms with Crippen LogP contribution in [-0.4, -0.2) is 18.5 Å². The second-order valence-corrected chi connectivity index (χ2v) is 7.54. The van der Waals surface area contributed by atoms with E-state index < -0.39 is 23.6 Å². The monoisotopic (exact) mass is 432 g/mol. The van der Waals surface area contributed by atoms with Crippen molar-refractivity contribution < 1.29 is 27.8 Å². The van der Waals surface area contributed by atoms with Gasteiger partial charge < -0.3 is 9.47 Å². The molecule has 0 aliphatic carbocycles. The molecule has 168 valence electrons. The van der Waals surface area contributed by atoms with Crippen LogP contribution in [0.25, 0.3) is 0 Å².